The first-order valence-electron chi connectivity index (χ1n) is 3.74. The summed E-state index contributed by atoms with van der Waals surface area (Å²) >= 11 is 0. The molecule has 0 atom stereocenters. The molecule has 130 valence electrons. The van der Waals surface area contributed by atoms with Gasteiger partial charge in [0.25, 0.3) is 5.09 Å². The van der Waals surface area contributed by atoms with Gasteiger partial charge < -0.3 is 50.2 Å². The molecule has 0 aliphatic carbocycles. The number of carboxylic acid groups (broad SMARTS) is 3. The van der Waals surface area contributed by atoms with Crippen LogP contribution in [0.3, 0.4) is 0 Å². The van der Waals surface area contributed by atoms with Crippen LogP contribution in [0.25, 0.3) is 0 Å². The number of aliphatic carboxylic acids is 3. The number of hydrogen-bond acceptors (Lipinski definition) is 10. The average Bonchev–Trinajstić information content (AvgIpc) is 1.98. The molecular formula is C6H21N5O10. The van der Waals surface area contributed by atoms with Crippen molar-refractivity contribution in [2.75, 3.05) is 0 Å². The van der Waals surface area contributed by atoms with E-state index in [2.05, 4.69) is 0 Å². The van der Waals surface area contributed by atoms with E-state index >= 15 is 0 Å². The van der Waals surface area contributed by atoms with Crippen LogP contribution in [0.4, 0.5) is 0 Å². The fourth-order valence-corrected chi connectivity index (χ4v) is 0.714. The SMILES string of the molecule is N.N.N.N.O=C(O)CC(O)(CC(=O)O)C(=O)O.O=[N+]([O-])O. The van der Waals surface area contributed by atoms with Gasteiger partial charge >= 0.3 is 17.9 Å². The summed E-state index contributed by atoms with van der Waals surface area (Å²) in [4.78, 5) is 38.8. The van der Waals surface area contributed by atoms with Crippen molar-refractivity contribution in [3.63, 3.8) is 0 Å². The van der Waals surface area contributed by atoms with E-state index in [-0.39, 0.29) is 24.6 Å². The summed E-state index contributed by atoms with van der Waals surface area (Å²) in [6.07, 6.45) is -2.29. The molecule has 0 rings (SSSR count). The predicted octanol–water partition coefficient (Wildman–Crippen LogP) is -0.948. The highest BCUT2D eigenvalue weighted by molar-refractivity contribution is 5.88. The van der Waals surface area contributed by atoms with Crippen molar-refractivity contribution in [2.45, 2.75) is 18.4 Å². The van der Waals surface area contributed by atoms with Gasteiger partial charge in [-0.1, -0.05) is 0 Å². The lowest BCUT2D eigenvalue weighted by molar-refractivity contribution is -0.742. The number of aliphatic hydroxyl groups is 1. The third-order valence-corrected chi connectivity index (χ3v) is 1.29. The molecule has 0 amide bonds. The zero-order chi connectivity index (χ0) is 14.2. The Morgan fingerprint density at radius 1 is 0.905 bits per heavy atom. The summed E-state index contributed by atoms with van der Waals surface area (Å²) in [6, 6.07) is 0. The van der Waals surface area contributed by atoms with E-state index in [1.165, 1.54) is 0 Å². The Bertz CT molecular complexity index is 314. The molecule has 0 aliphatic heterocycles. The first-order chi connectivity index (χ1) is 7.51. The molecule has 17 N–H and O–H groups in total. The highest BCUT2D eigenvalue weighted by Crippen LogP contribution is 2.15. The molecule has 15 nitrogen and oxygen atoms in total. The van der Waals surface area contributed by atoms with Crippen LogP contribution >= 0.6 is 0 Å². The Labute approximate surface area is 117 Å². The van der Waals surface area contributed by atoms with E-state index < -0.39 is 41.4 Å². The zero-order valence-corrected chi connectivity index (χ0v) is 11.0. The van der Waals surface area contributed by atoms with E-state index in [0.717, 1.165) is 0 Å². The fraction of sp³-hybridized carbons (Fsp3) is 0.500. The molecule has 0 radical (unpaired) electrons. The lowest BCUT2D eigenvalue weighted by Crippen LogP contribution is -2.42. The third-order valence-electron chi connectivity index (χ3n) is 1.29. The molecule has 0 fully saturated rings. The maximum Gasteiger partial charge on any atom is 0.336 e. The van der Waals surface area contributed by atoms with Crippen LogP contribution in [0, 0.1) is 10.1 Å². The highest BCUT2D eigenvalue weighted by Gasteiger charge is 2.40. The van der Waals surface area contributed by atoms with Gasteiger partial charge in [0.05, 0.1) is 12.8 Å². The summed E-state index contributed by atoms with van der Waals surface area (Å²) in [6.45, 7) is 0. The summed E-state index contributed by atoms with van der Waals surface area (Å²) in [5.41, 5.74) is -2.74. The smallest absolute Gasteiger partial charge is 0.336 e. The van der Waals surface area contributed by atoms with Gasteiger partial charge in [0.15, 0.2) is 5.60 Å². The first-order valence-corrected chi connectivity index (χ1v) is 3.74. The molecule has 0 unspecified atom stereocenters. The summed E-state index contributed by atoms with van der Waals surface area (Å²) < 4.78 is 0. The number of rotatable bonds is 5. The molecule has 0 saturated carbocycles. The second-order valence-corrected chi connectivity index (χ2v) is 2.72. The molecular weight excluding hydrogens is 302 g/mol. The summed E-state index contributed by atoms with van der Waals surface area (Å²) in [5, 5.41) is 47.4. The van der Waals surface area contributed by atoms with Crippen LogP contribution in [-0.2, 0) is 14.4 Å². The Hall–Kier alpha value is -2.59. The summed E-state index contributed by atoms with van der Waals surface area (Å²) in [7, 11) is 0. The van der Waals surface area contributed by atoms with E-state index in [1.54, 1.807) is 0 Å². The van der Waals surface area contributed by atoms with Gasteiger partial charge in [-0.2, -0.15) is 0 Å². The Morgan fingerprint density at radius 2 is 1.10 bits per heavy atom. The van der Waals surface area contributed by atoms with Crippen molar-refractivity contribution in [3.05, 3.63) is 10.1 Å². The minimum atomic E-state index is -2.74. The van der Waals surface area contributed by atoms with Gasteiger partial charge in [0.2, 0.25) is 0 Å². The Morgan fingerprint density at radius 3 is 1.19 bits per heavy atom. The molecule has 15 heteroatoms. The van der Waals surface area contributed by atoms with Gasteiger partial charge in [-0.05, 0) is 0 Å². The molecule has 0 aromatic carbocycles. The third kappa shape index (κ3) is 23.0. The maximum absolute atomic E-state index is 10.3. The van der Waals surface area contributed by atoms with Gasteiger partial charge in [-0.25, -0.2) is 4.79 Å². The number of hydrogen-bond donors (Lipinski definition) is 9. The van der Waals surface area contributed by atoms with E-state index in [0.29, 0.717) is 0 Å². The maximum atomic E-state index is 10.3. The highest BCUT2D eigenvalue weighted by atomic mass is 16.9. The topological polar surface area (TPSA) is 335 Å². The number of carboxylic acids is 3. The second kappa shape index (κ2) is 15.5. The lowest BCUT2D eigenvalue weighted by atomic mass is 9.96. The predicted molar refractivity (Wildman–Crippen MR) is 66.0 cm³/mol. The van der Waals surface area contributed by atoms with Crippen molar-refractivity contribution < 1.29 is 45.1 Å². The zero-order valence-electron chi connectivity index (χ0n) is 11.0. The Balaban J connectivity index is -0.0000000629. The minimum absolute atomic E-state index is 0. The van der Waals surface area contributed by atoms with Crippen molar-refractivity contribution in [1.82, 2.24) is 24.6 Å². The van der Waals surface area contributed by atoms with Crippen LogP contribution in [0.5, 0.6) is 0 Å². The molecule has 0 aromatic rings. The van der Waals surface area contributed by atoms with Crippen LogP contribution < -0.4 is 24.6 Å². The van der Waals surface area contributed by atoms with Gasteiger partial charge in [0, 0.05) is 0 Å². The largest absolute Gasteiger partial charge is 0.481 e. The molecule has 0 bridgehead atoms. The van der Waals surface area contributed by atoms with E-state index in [1.807, 2.05) is 0 Å². The lowest BCUT2D eigenvalue weighted by Gasteiger charge is -2.18. The second-order valence-electron chi connectivity index (χ2n) is 2.72. The van der Waals surface area contributed by atoms with Crippen molar-refractivity contribution >= 4 is 17.9 Å². The number of carbonyl (C=O) groups is 3. The van der Waals surface area contributed by atoms with Crippen LogP contribution in [0.2, 0.25) is 0 Å². The van der Waals surface area contributed by atoms with Crippen LogP contribution in [-0.4, -0.2) is 54.2 Å². The van der Waals surface area contributed by atoms with Gasteiger partial charge in [-0.15, -0.1) is 10.1 Å². The van der Waals surface area contributed by atoms with Crippen molar-refractivity contribution in [1.29, 1.82) is 0 Å². The van der Waals surface area contributed by atoms with Crippen molar-refractivity contribution in [3.8, 4) is 0 Å². The van der Waals surface area contributed by atoms with E-state index in [4.69, 9.17) is 35.7 Å². The fourth-order valence-electron chi connectivity index (χ4n) is 0.714. The molecule has 0 aliphatic rings. The quantitative estimate of drug-likeness (QED) is 0.217. The monoisotopic (exact) mass is 323 g/mol. The molecule has 0 saturated heterocycles. The van der Waals surface area contributed by atoms with Gasteiger partial charge in [-0.3, -0.25) is 9.59 Å². The average molecular weight is 323 g/mol. The van der Waals surface area contributed by atoms with Crippen LogP contribution in [0.1, 0.15) is 12.8 Å². The van der Waals surface area contributed by atoms with Crippen LogP contribution in [0.15, 0.2) is 0 Å². The van der Waals surface area contributed by atoms with Crippen molar-refractivity contribution in [2.24, 2.45) is 0 Å². The van der Waals surface area contributed by atoms with Gasteiger partial charge in [0.1, 0.15) is 0 Å². The molecule has 0 spiro atoms. The van der Waals surface area contributed by atoms with E-state index in [9.17, 15) is 14.4 Å². The molecule has 0 aromatic heterocycles. The normalized spacial score (nSPS) is 7.86. The molecule has 0 heterocycles. The number of nitrogens with zero attached hydrogens (tertiary/aromatic N) is 1. The summed E-state index contributed by atoms with van der Waals surface area (Å²) in [5.74, 6) is -5.02. The Kier molecular flexibility index (Phi) is 26.7. The standard InChI is InChI=1S/C6H8O7.HNO3.4H3N/c7-3(8)1-6(13,5(11)12)2-4(9)10;2-1(3)4;;;;/h13H,1-2H2,(H,7,8)(H,9,10)(H,11,12);(H,2,3,4);4*1H3. The molecule has 21 heavy (non-hydrogen) atoms. The minimum Gasteiger partial charge on any atom is -0.481 e. The first kappa shape index (κ1) is 36.2.